The number of hydrogen-bond donors (Lipinski definition) is 2. The first-order valence-electron chi connectivity index (χ1n) is 9.88. The maximum atomic E-state index is 12.6. The van der Waals surface area contributed by atoms with Gasteiger partial charge in [-0.15, -0.1) is 0 Å². The first-order chi connectivity index (χ1) is 12.6. The smallest absolute Gasteiger partial charge is 0.244 e. The molecule has 1 unspecified atom stereocenters. The van der Waals surface area contributed by atoms with Crippen LogP contribution in [0.1, 0.15) is 62.8 Å². The molecule has 1 aliphatic heterocycles. The standard InChI is InChI=1S/C21H26N2O3/c24-19-16-7-4-8-17(16)23-21(26)18(19)20(25)22-15-11-9-14(10-12-15)13-5-2-1-3-6-13/h9-13,16-18H,1-8H2,(H,22,25)(H,23,26)/t16-,17+,18?/m1/s1. The zero-order valence-electron chi connectivity index (χ0n) is 15.0. The molecule has 5 heteroatoms. The van der Waals surface area contributed by atoms with Gasteiger partial charge in [0.2, 0.25) is 11.8 Å². The Morgan fingerprint density at radius 2 is 1.65 bits per heavy atom. The molecule has 138 valence electrons. The molecule has 3 atom stereocenters. The molecule has 3 fully saturated rings. The molecular formula is C21H26N2O3. The summed E-state index contributed by atoms with van der Waals surface area (Å²) >= 11 is 0. The topological polar surface area (TPSA) is 75.3 Å². The molecule has 2 aliphatic carbocycles. The van der Waals surface area contributed by atoms with E-state index in [1.807, 2.05) is 12.1 Å². The second-order valence-corrected chi connectivity index (χ2v) is 7.93. The molecule has 4 rings (SSSR count). The van der Waals surface area contributed by atoms with Crippen molar-refractivity contribution in [3.63, 3.8) is 0 Å². The molecule has 0 bridgehead atoms. The van der Waals surface area contributed by atoms with E-state index in [2.05, 4.69) is 22.8 Å². The van der Waals surface area contributed by atoms with Gasteiger partial charge in [0.25, 0.3) is 0 Å². The number of amides is 2. The van der Waals surface area contributed by atoms with Gasteiger partial charge in [0.15, 0.2) is 11.7 Å². The van der Waals surface area contributed by atoms with Gasteiger partial charge in [0, 0.05) is 17.6 Å². The van der Waals surface area contributed by atoms with Crippen LogP contribution < -0.4 is 10.6 Å². The predicted octanol–water partition coefficient (Wildman–Crippen LogP) is 3.16. The van der Waals surface area contributed by atoms with Gasteiger partial charge in [-0.05, 0) is 49.3 Å². The normalized spacial score (nSPS) is 29.2. The van der Waals surface area contributed by atoms with Crippen LogP contribution in [0.25, 0.3) is 0 Å². The highest BCUT2D eigenvalue weighted by atomic mass is 16.2. The summed E-state index contributed by atoms with van der Waals surface area (Å²) in [5.74, 6) is -1.98. The van der Waals surface area contributed by atoms with Gasteiger partial charge in [0.1, 0.15) is 0 Å². The van der Waals surface area contributed by atoms with E-state index in [1.54, 1.807) is 0 Å². The number of rotatable bonds is 3. The third-order valence-corrected chi connectivity index (χ3v) is 6.27. The quantitative estimate of drug-likeness (QED) is 0.819. The first-order valence-corrected chi connectivity index (χ1v) is 9.88. The van der Waals surface area contributed by atoms with Crippen molar-refractivity contribution in [2.75, 3.05) is 5.32 Å². The highest BCUT2D eigenvalue weighted by molar-refractivity contribution is 6.23. The molecular weight excluding hydrogens is 328 g/mol. The van der Waals surface area contributed by atoms with Crippen molar-refractivity contribution in [2.24, 2.45) is 11.8 Å². The van der Waals surface area contributed by atoms with Crippen molar-refractivity contribution in [3.8, 4) is 0 Å². The molecule has 0 aromatic heterocycles. The molecule has 5 nitrogen and oxygen atoms in total. The van der Waals surface area contributed by atoms with E-state index in [1.165, 1.54) is 37.7 Å². The molecule has 2 N–H and O–H groups in total. The van der Waals surface area contributed by atoms with Gasteiger partial charge < -0.3 is 10.6 Å². The van der Waals surface area contributed by atoms with Crippen LogP contribution in [0.15, 0.2) is 24.3 Å². The number of carbonyl (C=O) groups excluding carboxylic acids is 3. The molecule has 1 aromatic rings. The van der Waals surface area contributed by atoms with Crippen molar-refractivity contribution in [3.05, 3.63) is 29.8 Å². The summed E-state index contributed by atoms with van der Waals surface area (Å²) in [6, 6.07) is 7.80. The van der Waals surface area contributed by atoms with Gasteiger partial charge in [0.05, 0.1) is 0 Å². The summed E-state index contributed by atoms with van der Waals surface area (Å²) in [6.07, 6.45) is 8.87. The van der Waals surface area contributed by atoms with Crippen molar-refractivity contribution in [2.45, 2.75) is 63.3 Å². The minimum atomic E-state index is -1.22. The summed E-state index contributed by atoms with van der Waals surface area (Å²) in [7, 11) is 0. The summed E-state index contributed by atoms with van der Waals surface area (Å²) in [5, 5.41) is 5.62. The fraction of sp³-hybridized carbons (Fsp3) is 0.571. The van der Waals surface area contributed by atoms with Gasteiger partial charge in [-0.25, -0.2) is 0 Å². The van der Waals surface area contributed by atoms with Crippen LogP contribution in [0.3, 0.4) is 0 Å². The molecule has 2 saturated carbocycles. The monoisotopic (exact) mass is 354 g/mol. The van der Waals surface area contributed by atoms with Crippen molar-refractivity contribution in [1.82, 2.24) is 5.32 Å². The molecule has 0 spiro atoms. The Morgan fingerprint density at radius 1 is 0.923 bits per heavy atom. The summed E-state index contributed by atoms with van der Waals surface area (Å²) in [4.78, 5) is 37.4. The number of Topliss-reactive ketones (excluding diaryl/α,β-unsaturated/α-hetero) is 1. The summed E-state index contributed by atoms with van der Waals surface area (Å²) in [5.41, 5.74) is 1.95. The van der Waals surface area contributed by atoms with Crippen LogP contribution in [-0.2, 0) is 14.4 Å². The average Bonchev–Trinajstić information content (AvgIpc) is 3.12. The number of fused-ring (bicyclic) bond motifs is 1. The molecule has 3 aliphatic rings. The van der Waals surface area contributed by atoms with Gasteiger partial charge >= 0.3 is 0 Å². The van der Waals surface area contributed by atoms with Crippen LogP contribution in [0.2, 0.25) is 0 Å². The Balaban J connectivity index is 1.42. The van der Waals surface area contributed by atoms with E-state index >= 15 is 0 Å². The Bertz CT molecular complexity index is 706. The van der Waals surface area contributed by atoms with Crippen LogP contribution in [0.4, 0.5) is 5.69 Å². The van der Waals surface area contributed by atoms with Crippen LogP contribution in [0.5, 0.6) is 0 Å². The number of carbonyl (C=O) groups is 3. The molecule has 1 heterocycles. The number of nitrogens with one attached hydrogen (secondary N) is 2. The second kappa shape index (κ2) is 7.22. The van der Waals surface area contributed by atoms with Crippen molar-refractivity contribution >= 4 is 23.3 Å². The van der Waals surface area contributed by atoms with E-state index in [9.17, 15) is 14.4 Å². The van der Waals surface area contributed by atoms with Crippen LogP contribution in [0, 0.1) is 11.8 Å². The highest BCUT2D eigenvalue weighted by Gasteiger charge is 2.48. The zero-order chi connectivity index (χ0) is 18.1. The lowest BCUT2D eigenvalue weighted by atomic mass is 9.83. The largest absolute Gasteiger partial charge is 0.352 e. The van der Waals surface area contributed by atoms with Crippen molar-refractivity contribution < 1.29 is 14.4 Å². The lowest BCUT2D eigenvalue weighted by molar-refractivity contribution is -0.145. The molecule has 0 radical (unpaired) electrons. The number of anilines is 1. The van der Waals surface area contributed by atoms with Gasteiger partial charge in [-0.3, -0.25) is 14.4 Å². The SMILES string of the molecule is O=C(Nc1ccc(C2CCCCC2)cc1)C1C(=O)N[C@H]2CCC[C@H]2C1=O. The van der Waals surface area contributed by atoms with Crippen LogP contribution >= 0.6 is 0 Å². The second-order valence-electron chi connectivity index (χ2n) is 7.93. The van der Waals surface area contributed by atoms with Crippen LogP contribution in [-0.4, -0.2) is 23.6 Å². The fourth-order valence-electron chi connectivity index (χ4n) is 4.82. The fourth-order valence-corrected chi connectivity index (χ4v) is 4.82. The van der Waals surface area contributed by atoms with E-state index in [4.69, 9.17) is 0 Å². The lowest BCUT2D eigenvalue weighted by Crippen LogP contribution is -2.56. The number of hydrogen-bond acceptors (Lipinski definition) is 3. The maximum Gasteiger partial charge on any atom is 0.244 e. The minimum Gasteiger partial charge on any atom is -0.352 e. The predicted molar refractivity (Wildman–Crippen MR) is 98.7 cm³/mol. The molecule has 26 heavy (non-hydrogen) atoms. The number of piperidine rings is 1. The molecule has 1 aromatic carbocycles. The number of ketones is 1. The first kappa shape index (κ1) is 17.3. The molecule has 2 amide bonds. The van der Waals surface area contributed by atoms with Gasteiger partial charge in [-0.2, -0.15) is 0 Å². The Morgan fingerprint density at radius 3 is 2.38 bits per heavy atom. The van der Waals surface area contributed by atoms with Gasteiger partial charge in [-0.1, -0.05) is 37.8 Å². The average molecular weight is 354 g/mol. The summed E-state index contributed by atoms with van der Waals surface area (Å²) in [6.45, 7) is 0. The third kappa shape index (κ3) is 3.27. The van der Waals surface area contributed by atoms with E-state index in [-0.39, 0.29) is 17.7 Å². The van der Waals surface area contributed by atoms with Crippen molar-refractivity contribution in [1.29, 1.82) is 0 Å². The summed E-state index contributed by atoms with van der Waals surface area (Å²) < 4.78 is 0. The third-order valence-electron chi connectivity index (χ3n) is 6.27. The molecule has 1 saturated heterocycles. The Kier molecular flexibility index (Phi) is 4.79. The lowest BCUT2D eigenvalue weighted by Gasteiger charge is -2.30. The van der Waals surface area contributed by atoms with E-state index in [0.29, 0.717) is 11.6 Å². The van der Waals surface area contributed by atoms with E-state index < -0.39 is 17.7 Å². The maximum absolute atomic E-state index is 12.6. The zero-order valence-corrected chi connectivity index (χ0v) is 15.0. The number of benzene rings is 1. The Hall–Kier alpha value is -2.17. The Labute approximate surface area is 153 Å². The van der Waals surface area contributed by atoms with E-state index in [0.717, 1.165) is 19.3 Å². The minimum absolute atomic E-state index is 0.0752. The highest BCUT2D eigenvalue weighted by Crippen LogP contribution is 2.34.